The first-order valence-electron chi connectivity index (χ1n) is 10.5. The zero-order valence-corrected chi connectivity index (χ0v) is 18.6. The Kier molecular flexibility index (Phi) is 10.4. The molecular formula is C22H20F11NO3. The van der Waals surface area contributed by atoms with Crippen LogP contribution in [-0.4, -0.2) is 43.3 Å². The number of hydrogen-bond acceptors (Lipinski definition) is 4. The van der Waals surface area contributed by atoms with E-state index in [-0.39, 0.29) is 18.6 Å². The van der Waals surface area contributed by atoms with Crippen LogP contribution in [0, 0.1) is 0 Å². The second-order valence-electron chi connectivity index (χ2n) is 7.45. The molecule has 1 atom stereocenters. The number of ether oxygens (including phenoxy) is 3. The summed E-state index contributed by atoms with van der Waals surface area (Å²) in [7, 11) is 0. The summed E-state index contributed by atoms with van der Waals surface area (Å²) in [6.45, 7) is -4.32. The highest BCUT2D eigenvalue weighted by molar-refractivity contribution is 5.35. The molecule has 0 aliphatic heterocycles. The van der Waals surface area contributed by atoms with Gasteiger partial charge < -0.3 is 14.2 Å². The quantitative estimate of drug-likeness (QED) is 0.118. The maximum atomic E-state index is 12.9. The molecule has 2 aromatic carbocycles. The summed E-state index contributed by atoms with van der Waals surface area (Å²) in [6, 6.07) is 11.4. The summed E-state index contributed by atoms with van der Waals surface area (Å²) in [5.74, 6) is -0.207. The van der Waals surface area contributed by atoms with Crippen molar-refractivity contribution in [3.8, 4) is 11.5 Å². The van der Waals surface area contributed by atoms with E-state index in [4.69, 9.17) is 4.74 Å². The van der Waals surface area contributed by atoms with Gasteiger partial charge in [0.1, 0.15) is 17.7 Å². The highest BCUT2D eigenvalue weighted by Crippen LogP contribution is 2.37. The summed E-state index contributed by atoms with van der Waals surface area (Å²) in [5.41, 5.74) is 1.03. The number of alkyl halides is 11. The molecule has 0 saturated carbocycles. The Morgan fingerprint density at radius 3 is 2.03 bits per heavy atom. The number of benzene rings is 2. The molecule has 0 spiro atoms. The first-order chi connectivity index (χ1) is 17.1. The molecule has 1 unspecified atom stereocenters. The van der Waals surface area contributed by atoms with Crippen molar-refractivity contribution in [2.75, 3.05) is 6.61 Å². The smallest absolute Gasteiger partial charge is 0.493 e. The lowest BCUT2D eigenvalue weighted by Crippen LogP contribution is -2.55. The molecule has 0 fully saturated rings. The van der Waals surface area contributed by atoms with Crippen LogP contribution in [-0.2, 0) is 17.6 Å². The lowest BCUT2D eigenvalue weighted by atomic mass is 10.0. The first-order valence-corrected chi connectivity index (χ1v) is 10.5. The zero-order valence-electron chi connectivity index (χ0n) is 18.6. The molecule has 0 amide bonds. The van der Waals surface area contributed by atoms with Crippen LogP contribution in [0.15, 0.2) is 48.5 Å². The van der Waals surface area contributed by atoms with Crippen molar-refractivity contribution in [3.05, 3.63) is 59.7 Å². The molecule has 0 saturated heterocycles. The summed E-state index contributed by atoms with van der Waals surface area (Å²) in [5, 5.41) is 0. The minimum absolute atomic E-state index is 0.208. The third-order valence-electron chi connectivity index (χ3n) is 4.73. The van der Waals surface area contributed by atoms with Gasteiger partial charge >= 0.3 is 25.6 Å². The number of aryl methyl sites for hydroxylation is 2. The summed E-state index contributed by atoms with van der Waals surface area (Å²) >= 11 is 0. The van der Waals surface area contributed by atoms with Gasteiger partial charge in [-0.05, 0) is 55.0 Å². The Morgan fingerprint density at radius 1 is 0.784 bits per heavy atom. The fraction of sp³-hybridized carbons (Fsp3) is 0.455. The van der Waals surface area contributed by atoms with E-state index in [1.54, 1.807) is 18.2 Å². The van der Waals surface area contributed by atoms with Gasteiger partial charge in [-0.25, -0.2) is 0 Å². The van der Waals surface area contributed by atoms with E-state index in [0.29, 0.717) is 11.1 Å². The third kappa shape index (κ3) is 10.6. The van der Waals surface area contributed by atoms with Crippen LogP contribution in [0.1, 0.15) is 24.0 Å². The van der Waals surface area contributed by atoms with Crippen molar-refractivity contribution in [2.24, 2.45) is 0 Å². The van der Waals surface area contributed by atoms with E-state index in [9.17, 15) is 48.3 Å². The van der Waals surface area contributed by atoms with E-state index >= 15 is 0 Å². The maximum Gasteiger partial charge on any atom is 0.573 e. The summed E-state index contributed by atoms with van der Waals surface area (Å²) < 4.78 is 152. The average Bonchev–Trinajstić information content (AvgIpc) is 2.72. The molecule has 0 radical (unpaired) electrons. The number of nitrogens with zero attached hydrogens (tertiary/aromatic N) is 1. The molecule has 208 valence electrons. The van der Waals surface area contributed by atoms with E-state index in [1.165, 1.54) is 24.3 Å². The Hall–Kier alpha value is -2.81. The summed E-state index contributed by atoms with van der Waals surface area (Å²) in [6.07, 6.45) is -21.0. The van der Waals surface area contributed by atoms with Crippen molar-refractivity contribution in [1.82, 2.24) is 4.90 Å². The monoisotopic (exact) mass is 555 g/mol. The van der Waals surface area contributed by atoms with Crippen LogP contribution >= 0.6 is 0 Å². The Labute approximate surface area is 203 Å². The van der Waals surface area contributed by atoms with Gasteiger partial charge in [0.2, 0.25) is 0 Å². The SMILES string of the molecule is FC(F)OC(CCCOc1ccccc1CCc1cccc(OC(F)(F)F)c1)N(C(F)(F)F)C(F)(F)F. The minimum atomic E-state index is -6.02. The largest absolute Gasteiger partial charge is 0.573 e. The standard InChI is InChI=1S/C22H20F11NO3/c23-19(24)36-18(34(20(25,26)27)21(28,29)30)9-4-12-35-17-8-2-1-6-15(17)11-10-14-5-3-7-16(13-14)37-22(31,32)33/h1-3,5-8,13,18-19H,4,9-12H2. The molecule has 0 aliphatic rings. The van der Waals surface area contributed by atoms with Crippen molar-refractivity contribution < 1.29 is 62.5 Å². The Bertz CT molecular complexity index is 963. The Morgan fingerprint density at radius 2 is 1.43 bits per heavy atom. The molecule has 0 bridgehead atoms. The zero-order chi connectivity index (χ0) is 27.9. The van der Waals surface area contributed by atoms with Crippen LogP contribution in [0.2, 0.25) is 0 Å². The molecule has 0 heterocycles. The van der Waals surface area contributed by atoms with Gasteiger partial charge in [0.15, 0.2) is 0 Å². The molecule has 0 N–H and O–H groups in total. The highest BCUT2D eigenvalue weighted by Gasteiger charge is 2.58. The Balaban J connectivity index is 2.00. The highest BCUT2D eigenvalue weighted by atomic mass is 19.4. The van der Waals surface area contributed by atoms with Crippen LogP contribution < -0.4 is 9.47 Å². The van der Waals surface area contributed by atoms with Gasteiger partial charge in [0.05, 0.1) is 6.61 Å². The van der Waals surface area contributed by atoms with Gasteiger partial charge in [-0.3, -0.25) is 0 Å². The van der Waals surface area contributed by atoms with Gasteiger partial charge in [-0.1, -0.05) is 35.2 Å². The molecular weight excluding hydrogens is 535 g/mol. The number of hydrogen-bond donors (Lipinski definition) is 0. The lowest BCUT2D eigenvalue weighted by Gasteiger charge is -2.33. The molecule has 4 nitrogen and oxygen atoms in total. The molecule has 15 heteroatoms. The molecule has 0 aromatic heterocycles. The number of para-hydroxylation sites is 1. The first kappa shape index (κ1) is 30.4. The van der Waals surface area contributed by atoms with Crippen molar-refractivity contribution in [2.45, 2.75) is 57.5 Å². The van der Waals surface area contributed by atoms with Crippen molar-refractivity contribution in [3.63, 3.8) is 0 Å². The maximum absolute atomic E-state index is 12.9. The molecule has 0 aliphatic carbocycles. The van der Waals surface area contributed by atoms with E-state index in [1.807, 2.05) is 0 Å². The van der Waals surface area contributed by atoms with Gasteiger partial charge in [-0.2, -0.15) is 35.1 Å². The van der Waals surface area contributed by atoms with Gasteiger partial charge in [0, 0.05) is 0 Å². The summed E-state index contributed by atoms with van der Waals surface area (Å²) in [4.78, 5) is -2.04. The fourth-order valence-corrected chi connectivity index (χ4v) is 3.32. The van der Waals surface area contributed by atoms with Gasteiger partial charge in [-0.15, -0.1) is 13.2 Å². The van der Waals surface area contributed by atoms with Crippen LogP contribution in [0.25, 0.3) is 0 Å². The number of halogens is 11. The van der Waals surface area contributed by atoms with Crippen LogP contribution in [0.4, 0.5) is 48.3 Å². The predicted molar refractivity (Wildman–Crippen MR) is 107 cm³/mol. The lowest BCUT2D eigenvalue weighted by molar-refractivity contribution is -0.419. The third-order valence-corrected chi connectivity index (χ3v) is 4.73. The molecule has 2 rings (SSSR count). The normalized spacial score (nSPS) is 13.8. The molecule has 37 heavy (non-hydrogen) atoms. The second kappa shape index (κ2) is 12.6. The second-order valence-corrected chi connectivity index (χ2v) is 7.45. The topological polar surface area (TPSA) is 30.9 Å². The van der Waals surface area contributed by atoms with Crippen molar-refractivity contribution >= 4 is 0 Å². The molecule has 2 aromatic rings. The van der Waals surface area contributed by atoms with E-state index in [2.05, 4.69) is 9.47 Å². The average molecular weight is 555 g/mol. The number of rotatable bonds is 12. The van der Waals surface area contributed by atoms with E-state index in [0.717, 1.165) is 6.07 Å². The van der Waals surface area contributed by atoms with Crippen molar-refractivity contribution in [1.29, 1.82) is 0 Å². The van der Waals surface area contributed by atoms with Gasteiger partial charge in [0.25, 0.3) is 0 Å². The van der Waals surface area contributed by atoms with E-state index < -0.39 is 61.9 Å². The fourth-order valence-electron chi connectivity index (χ4n) is 3.32. The van der Waals surface area contributed by atoms with Crippen LogP contribution in [0.5, 0.6) is 11.5 Å². The van der Waals surface area contributed by atoms with Crippen LogP contribution in [0.3, 0.4) is 0 Å². The predicted octanol–water partition coefficient (Wildman–Crippen LogP) is 7.44. The minimum Gasteiger partial charge on any atom is -0.493 e.